The summed E-state index contributed by atoms with van der Waals surface area (Å²) in [5.74, 6) is -0.180. The summed E-state index contributed by atoms with van der Waals surface area (Å²) in [7, 11) is 0. The van der Waals surface area contributed by atoms with Crippen LogP contribution in [-0.4, -0.2) is 25.2 Å². The Hall–Kier alpha value is -0.870. The van der Waals surface area contributed by atoms with Gasteiger partial charge in [-0.15, -0.1) is 11.3 Å². The predicted octanol–water partition coefficient (Wildman–Crippen LogP) is 1.83. The van der Waals surface area contributed by atoms with Gasteiger partial charge in [0.2, 0.25) is 0 Å². The zero-order valence-electron chi connectivity index (χ0n) is 9.16. The van der Waals surface area contributed by atoms with Gasteiger partial charge in [-0.2, -0.15) is 0 Å². The average molecular weight is 227 g/mol. The fraction of sp³-hybridized carbons (Fsp3) is 0.545. The summed E-state index contributed by atoms with van der Waals surface area (Å²) in [6.07, 6.45) is 0.811. The fourth-order valence-electron chi connectivity index (χ4n) is 1.06. The Bertz CT molecular complexity index is 283. The molecule has 0 aliphatic carbocycles. The summed E-state index contributed by atoms with van der Waals surface area (Å²) in [5, 5.41) is 5.04. The summed E-state index contributed by atoms with van der Waals surface area (Å²) < 4.78 is 5.07. The predicted molar refractivity (Wildman–Crippen MR) is 62.1 cm³/mol. The monoisotopic (exact) mass is 227 g/mol. The third kappa shape index (κ3) is 5.54. The van der Waals surface area contributed by atoms with E-state index in [0.29, 0.717) is 19.2 Å². The van der Waals surface area contributed by atoms with Crippen LogP contribution in [0, 0.1) is 0 Å². The molecule has 3 nitrogen and oxygen atoms in total. The van der Waals surface area contributed by atoms with Crippen LogP contribution in [0.25, 0.3) is 0 Å². The highest BCUT2D eigenvalue weighted by atomic mass is 32.1. The van der Waals surface area contributed by atoms with E-state index in [-0.39, 0.29) is 5.97 Å². The number of carbonyl (C=O) groups excluding carboxylic acids is 1. The molecule has 15 heavy (non-hydrogen) atoms. The van der Waals surface area contributed by atoms with E-state index in [1.807, 2.05) is 31.4 Å². The first kappa shape index (κ1) is 12.2. The van der Waals surface area contributed by atoms with Gasteiger partial charge < -0.3 is 10.1 Å². The second kappa shape index (κ2) is 6.58. The first-order valence-corrected chi connectivity index (χ1v) is 5.98. The van der Waals surface area contributed by atoms with Gasteiger partial charge in [-0.1, -0.05) is 19.9 Å². The van der Waals surface area contributed by atoms with Crippen molar-refractivity contribution in [3.8, 4) is 0 Å². The minimum absolute atomic E-state index is 0.180. The molecule has 1 rings (SSSR count). The zero-order chi connectivity index (χ0) is 11.1. The zero-order valence-corrected chi connectivity index (χ0v) is 9.97. The van der Waals surface area contributed by atoms with Crippen molar-refractivity contribution in [2.24, 2.45) is 0 Å². The lowest BCUT2D eigenvalue weighted by Gasteiger charge is -2.07. The average Bonchev–Trinajstić information content (AvgIpc) is 2.67. The largest absolute Gasteiger partial charge is 0.464 e. The Morgan fingerprint density at radius 1 is 1.60 bits per heavy atom. The van der Waals surface area contributed by atoms with Crippen molar-refractivity contribution >= 4 is 17.3 Å². The SMILES string of the molecule is CC(C)NCC(=O)OCCc1cccs1. The van der Waals surface area contributed by atoms with E-state index in [4.69, 9.17) is 4.74 Å². The Balaban J connectivity index is 2.07. The van der Waals surface area contributed by atoms with Crippen molar-refractivity contribution in [2.45, 2.75) is 26.3 Å². The van der Waals surface area contributed by atoms with E-state index in [0.717, 1.165) is 6.42 Å². The van der Waals surface area contributed by atoms with Gasteiger partial charge in [0.1, 0.15) is 0 Å². The van der Waals surface area contributed by atoms with Gasteiger partial charge in [-0.05, 0) is 11.4 Å². The lowest BCUT2D eigenvalue weighted by Crippen LogP contribution is -2.30. The van der Waals surface area contributed by atoms with Crippen molar-refractivity contribution in [3.05, 3.63) is 22.4 Å². The van der Waals surface area contributed by atoms with Crippen LogP contribution in [0.4, 0.5) is 0 Å². The summed E-state index contributed by atoms with van der Waals surface area (Å²) in [6.45, 7) is 4.76. The van der Waals surface area contributed by atoms with Crippen LogP contribution in [0.3, 0.4) is 0 Å². The third-order valence-corrected chi connectivity index (χ3v) is 2.78. The van der Waals surface area contributed by atoms with E-state index in [1.54, 1.807) is 11.3 Å². The van der Waals surface area contributed by atoms with Crippen molar-refractivity contribution in [1.82, 2.24) is 5.32 Å². The molecule has 4 heteroatoms. The van der Waals surface area contributed by atoms with Crippen LogP contribution >= 0.6 is 11.3 Å². The van der Waals surface area contributed by atoms with Crippen LogP contribution in [0.1, 0.15) is 18.7 Å². The van der Waals surface area contributed by atoms with Crippen molar-refractivity contribution in [2.75, 3.05) is 13.2 Å². The van der Waals surface area contributed by atoms with E-state index >= 15 is 0 Å². The van der Waals surface area contributed by atoms with E-state index in [2.05, 4.69) is 5.32 Å². The van der Waals surface area contributed by atoms with Crippen molar-refractivity contribution in [3.63, 3.8) is 0 Å². The highest BCUT2D eigenvalue weighted by Gasteiger charge is 2.03. The number of ether oxygens (including phenoxy) is 1. The number of carbonyl (C=O) groups is 1. The van der Waals surface area contributed by atoms with E-state index in [1.165, 1.54) is 4.88 Å². The molecule has 1 aromatic heterocycles. The smallest absolute Gasteiger partial charge is 0.319 e. The number of hydrogen-bond acceptors (Lipinski definition) is 4. The van der Waals surface area contributed by atoms with Crippen LogP contribution < -0.4 is 5.32 Å². The highest BCUT2D eigenvalue weighted by Crippen LogP contribution is 2.08. The standard InChI is InChI=1S/C11H17NO2S/c1-9(2)12-8-11(13)14-6-5-10-4-3-7-15-10/h3-4,7,9,12H,5-6,8H2,1-2H3. The second-order valence-corrected chi connectivity index (χ2v) is 4.62. The molecule has 0 bridgehead atoms. The quantitative estimate of drug-likeness (QED) is 0.754. The third-order valence-electron chi connectivity index (χ3n) is 1.85. The molecule has 0 aliphatic rings. The summed E-state index contributed by atoms with van der Waals surface area (Å²) >= 11 is 1.69. The Kier molecular flexibility index (Phi) is 5.36. The number of rotatable bonds is 6. The summed E-state index contributed by atoms with van der Waals surface area (Å²) in [6, 6.07) is 4.36. The van der Waals surface area contributed by atoms with Crippen LogP contribution in [0.5, 0.6) is 0 Å². The molecule has 0 unspecified atom stereocenters. The maximum Gasteiger partial charge on any atom is 0.319 e. The first-order valence-electron chi connectivity index (χ1n) is 5.10. The van der Waals surface area contributed by atoms with Crippen LogP contribution in [0.15, 0.2) is 17.5 Å². The molecule has 0 radical (unpaired) electrons. The maximum atomic E-state index is 11.2. The Morgan fingerprint density at radius 3 is 3.00 bits per heavy atom. The van der Waals surface area contributed by atoms with Gasteiger partial charge in [-0.3, -0.25) is 4.79 Å². The molecule has 0 saturated carbocycles. The van der Waals surface area contributed by atoms with E-state index < -0.39 is 0 Å². The number of nitrogens with one attached hydrogen (secondary N) is 1. The van der Waals surface area contributed by atoms with Gasteiger partial charge in [-0.25, -0.2) is 0 Å². The number of hydrogen-bond donors (Lipinski definition) is 1. The van der Waals surface area contributed by atoms with Crippen molar-refractivity contribution < 1.29 is 9.53 Å². The molecule has 84 valence electrons. The maximum absolute atomic E-state index is 11.2. The fourth-order valence-corrected chi connectivity index (χ4v) is 1.75. The van der Waals surface area contributed by atoms with Gasteiger partial charge in [0.15, 0.2) is 0 Å². The summed E-state index contributed by atoms with van der Waals surface area (Å²) in [4.78, 5) is 12.4. The molecular weight excluding hydrogens is 210 g/mol. The molecule has 0 amide bonds. The lowest BCUT2D eigenvalue weighted by atomic mass is 10.4. The molecule has 1 aromatic rings. The molecule has 0 fully saturated rings. The van der Waals surface area contributed by atoms with Crippen molar-refractivity contribution in [1.29, 1.82) is 0 Å². The van der Waals surface area contributed by atoms with Crippen LogP contribution in [0.2, 0.25) is 0 Å². The minimum atomic E-state index is -0.180. The van der Waals surface area contributed by atoms with Gasteiger partial charge in [0.05, 0.1) is 13.2 Å². The van der Waals surface area contributed by atoms with Gasteiger partial charge >= 0.3 is 5.97 Å². The molecule has 0 aliphatic heterocycles. The molecule has 0 spiro atoms. The normalized spacial score (nSPS) is 10.6. The van der Waals surface area contributed by atoms with E-state index in [9.17, 15) is 4.79 Å². The second-order valence-electron chi connectivity index (χ2n) is 3.59. The molecule has 1 N–H and O–H groups in total. The van der Waals surface area contributed by atoms with Crippen LogP contribution in [-0.2, 0) is 16.0 Å². The molecule has 1 heterocycles. The molecule has 0 atom stereocenters. The first-order chi connectivity index (χ1) is 7.18. The molecular formula is C11H17NO2S. The topological polar surface area (TPSA) is 38.3 Å². The minimum Gasteiger partial charge on any atom is -0.464 e. The van der Waals surface area contributed by atoms with Gasteiger partial charge in [0, 0.05) is 17.3 Å². The van der Waals surface area contributed by atoms with Gasteiger partial charge in [0.25, 0.3) is 0 Å². The highest BCUT2D eigenvalue weighted by molar-refractivity contribution is 7.09. The lowest BCUT2D eigenvalue weighted by molar-refractivity contribution is -0.142. The number of thiophene rings is 1. The molecule has 0 aromatic carbocycles. The molecule has 0 saturated heterocycles. The summed E-state index contributed by atoms with van der Waals surface area (Å²) in [5.41, 5.74) is 0. The Labute approximate surface area is 94.5 Å². The number of esters is 1. The Morgan fingerprint density at radius 2 is 2.40 bits per heavy atom.